The summed E-state index contributed by atoms with van der Waals surface area (Å²) in [7, 11) is 0. The SMILES string of the molecule is Cc1cnn(-c2ccc(C(=O)O)cc2C(F)(F)F)c1. The quantitative estimate of drug-likeness (QED) is 0.912. The van der Waals surface area contributed by atoms with Crippen LogP contribution in [-0.2, 0) is 6.18 Å². The molecule has 19 heavy (non-hydrogen) atoms. The molecule has 0 atom stereocenters. The predicted octanol–water partition coefficient (Wildman–Crippen LogP) is 2.90. The highest BCUT2D eigenvalue weighted by molar-refractivity contribution is 5.88. The summed E-state index contributed by atoms with van der Waals surface area (Å²) in [5.74, 6) is -1.41. The first-order chi connectivity index (χ1) is 8.79. The van der Waals surface area contributed by atoms with Crippen molar-refractivity contribution in [2.45, 2.75) is 13.1 Å². The van der Waals surface area contributed by atoms with Gasteiger partial charge in [-0.3, -0.25) is 0 Å². The number of carboxylic acid groups (broad SMARTS) is 1. The molecule has 0 aliphatic carbocycles. The Kier molecular flexibility index (Phi) is 3.05. The van der Waals surface area contributed by atoms with Crippen molar-refractivity contribution in [3.05, 3.63) is 47.3 Å². The van der Waals surface area contributed by atoms with Crippen LogP contribution in [0, 0.1) is 6.92 Å². The number of hydrogen-bond donors (Lipinski definition) is 1. The molecule has 100 valence electrons. The van der Waals surface area contributed by atoms with Crippen molar-refractivity contribution in [3.8, 4) is 5.69 Å². The van der Waals surface area contributed by atoms with Gasteiger partial charge in [-0.25, -0.2) is 9.48 Å². The van der Waals surface area contributed by atoms with Crippen LogP contribution in [0.15, 0.2) is 30.6 Å². The maximum atomic E-state index is 13.0. The zero-order chi connectivity index (χ0) is 14.2. The van der Waals surface area contributed by atoms with E-state index in [0.29, 0.717) is 11.6 Å². The number of hydrogen-bond acceptors (Lipinski definition) is 2. The van der Waals surface area contributed by atoms with Crippen LogP contribution in [0.1, 0.15) is 21.5 Å². The van der Waals surface area contributed by atoms with Crippen LogP contribution in [0.3, 0.4) is 0 Å². The molecule has 0 amide bonds. The lowest BCUT2D eigenvalue weighted by molar-refractivity contribution is -0.137. The highest BCUT2D eigenvalue weighted by atomic mass is 19.4. The number of aromatic nitrogens is 2. The Hall–Kier alpha value is -2.31. The van der Waals surface area contributed by atoms with E-state index < -0.39 is 23.3 Å². The zero-order valence-electron chi connectivity index (χ0n) is 9.77. The number of halogens is 3. The molecule has 7 heteroatoms. The normalized spacial score (nSPS) is 11.6. The third kappa shape index (κ3) is 2.59. The fourth-order valence-electron chi connectivity index (χ4n) is 1.64. The molecular formula is C12H9F3N2O2. The lowest BCUT2D eigenvalue weighted by atomic mass is 10.1. The zero-order valence-corrected chi connectivity index (χ0v) is 9.77. The molecule has 0 bridgehead atoms. The molecule has 1 heterocycles. The van der Waals surface area contributed by atoms with Gasteiger partial charge in [0.2, 0.25) is 0 Å². The van der Waals surface area contributed by atoms with Crippen LogP contribution in [-0.4, -0.2) is 20.9 Å². The molecule has 4 nitrogen and oxygen atoms in total. The van der Waals surface area contributed by atoms with Crippen LogP contribution in [0.25, 0.3) is 5.69 Å². The molecule has 0 spiro atoms. The molecule has 0 saturated heterocycles. The van der Waals surface area contributed by atoms with Crippen LogP contribution in [0.4, 0.5) is 13.2 Å². The van der Waals surface area contributed by atoms with Gasteiger partial charge in [0.25, 0.3) is 0 Å². The Morgan fingerprint density at radius 1 is 1.37 bits per heavy atom. The highest BCUT2D eigenvalue weighted by Gasteiger charge is 2.35. The van der Waals surface area contributed by atoms with Gasteiger partial charge >= 0.3 is 12.1 Å². The molecule has 2 rings (SSSR count). The highest BCUT2D eigenvalue weighted by Crippen LogP contribution is 2.34. The molecule has 1 N–H and O–H groups in total. The number of benzene rings is 1. The maximum absolute atomic E-state index is 13.0. The second kappa shape index (κ2) is 4.42. The van der Waals surface area contributed by atoms with E-state index in [4.69, 9.17) is 5.11 Å². The lowest BCUT2D eigenvalue weighted by Crippen LogP contribution is -2.13. The molecule has 1 aromatic heterocycles. The summed E-state index contributed by atoms with van der Waals surface area (Å²) in [6.45, 7) is 1.70. The third-order valence-corrected chi connectivity index (χ3v) is 2.51. The van der Waals surface area contributed by atoms with E-state index in [0.717, 1.165) is 16.8 Å². The van der Waals surface area contributed by atoms with Crippen LogP contribution in [0.5, 0.6) is 0 Å². The minimum atomic E-state index is -4.65. The second-order valence-corrected chi connectivity index (χ2v) is 4.00. The minimum absolute atomic E-state index is 0.203. The smallest absolute Gasteiger partial charge is 0.418 e. The Balaban J connectivity index is 2.64. The third-order valence-electron chi connectivity index (χ3n) is 2.51. The van der Waals surface area contributed by atoms with Crippen molar-refractivity contribution >= 4 is 5.97 Å². The molecule has 0 unspecified atom stereocenters. The van der Waals surface area contributed by atoms with Crippen LogP contribution < -0.4 is 0 Å². The van der Waals surface area contributed by atoms with E-state index >= 15 is 0 Å². The molecule has 2 aromatic rings. The maximum Gasteiger partial charge on any atom is 0.418 e. The summed E-state index contributed by atoms with van der Waals surface area (Å²) in [6.07, 6.45) is -1.79. The van der Waals surface area contributed by atoms with Crippen LogP contribution in [0.2, 0.25) is 0 Å². The van der Waals surface area contributed by atoms with Crippen molar-refractivity contribution in [1.29, 1.82) is 0 Å². The first kappa shape index (κ1) is 13.1. The standard InChI is InChI=1S/C12H9F3N2O2/c1-7-5-16-17(6-7)10-3-2-8(11(18)19)4-9(10)12(13,14)15/h2-6H,1H3,(H,18,19). The number of carboxylic acids is 1. The Morgan fingerprint density at radius 3 is 2.53 bits per heavy atom. The van der Waals surface area contributed by atoms with Gasteiger partial charge in [-0.1, -0.05) is 0 Å². The van der Waals surface area contributed by atoms with Gasteiger partial charge in [0, 0.05) is 6.20 Å². The summed E-state index contributed by atoms with van der Waals surface area (Å²) in [5, 5.41) is 12.6. The van der Waals surface area contributed by atoms with Gasteiger partial charge in [-0.2, -0.15) is 18.3 Å². The van der Waals surface area contributed by atoms with Gasteiger partial charge in [0.05, 0.1) is 23.0 Å². The first-order valence-electron chi connectivity index (χ1n) is 5.25. The van der Waals surface area contributed by atoms with E-state index in [9.17, 15) is 18.0 Å². The van der Waals surface area contributed by atoms with Gasteiger partial charge in [-0.15, -0.1) is 0 Å². The predicted molar refractivity (Wildman–Crippen MR) is 60.3 cm³/mol. The molecule has 1 aromatic carbocycles. The van der Waals surface area contributed by atoms with E-state index in [1.165, 1.54) is 12.4 Å². The fourth-order valence-corrected chi connectivity index (χ4v) is 1.64. The molecule has 0 fully saturated rings. The summed E-state index contributed by atoms with van der Waals surface area (Å²) in [6, 6.07) is 2.82. The number of rotatable bonds is 2. The number of aromatic carboxylic acids is 1. The largest absolute Gasteiger partial charge is 0.478 e. The molecule has 0 saturated carbocycles. The monoisotopic (exact) mass is 270 g/mol. The molecule has 0 aliphatic rings. The summed E-state index contributed by atoms with van der Waals surface area (Å²) < 4.78 is 39.9. The molecule has 0 radical (unpaired) electrons. The van der Waals surface area contributed by atoms with Crippen molar-refractivity contribution < 1.29 is 23.1 Å². The van der Waals surface area contributed by atoms with E-state index in [1.54, 1.807) is 6.92 Å². The Labute approximate surface area is 106 Å². The number of aryl methyl sites for hydroxylation is 1. The summed E-state index contributed by atoms with van der Waals surface area (Å²) in [5.41, 5.74) is -0.948. The average Bonchev–Trinajstić information content (AvgIpc) is 2.73. The number of carbonyl (C=O) groups is 1. The second-order valence-electron chi connectivity index (χ2n) is 4.00. The van der Waals surface area contributed by atoms with Crippen molar-refractivity contribution in [3.63, 3.8) is 0 Å². The van der Waals surface area contributed by atoms with Crippen molar-refractivity contribution in [1.82, 2.24) is 9.78 Å². The van der Waals surface area contributed by atoms with E-state index in [2.05, 4.69) is 5.10 Å². The van der Waals surface area contributed by atoms with Gasteiger partial charge < -0.3 is 5.11 Å². The molecule has 0 aliphatic heterocycles. The summed E-state index contributed by atoms with van der Waals surface area (Å²) >= 11 is 0. The van der Waals surface area contributed by atoms with Gasteiger partial charge in [0.15, 0.2) is 0 Å². The van der Waals surface area contributed by atoms with E-state index in [1.807, 2.05) is 0 Å². The van der Waals surface area contributed by atoms with Crippen LogP contribution >= 0.6 is 0 Å². The molecular weight excluding hydrogens is 261 g/mol. The topological polar surface area (TPSA) is 55.1 Å². The van der Waals surface area contributed by atoms with Crippen molar-refractivity contribution in [2.75, 3.05) is 0 Å². The van der Waals surface area contributed by atoms with Crippen molar-refractivity contribution in [2.24, 2.45) is 0 Å². The summed E-state index contributed by atoms with van der Waals surface area (Å²) in [4.78, 5) is 10.7. The lowest BCUT2D eigenvalue weighted by Gasteiger charge is -2.13. The average molecular weight is 270 g/mol. The Morgan fingerprint density at radius 2 is 2.05 bits per heavy atom. The minimum Gasteiger partial charge on any atom is -0.478 e. The number of alkyl halides is 3. The fraction of sp³-hybridized carbons (Fsp3) is 0.167. The first-order valence-corrected chi connectivity index (χ1v) is 5.25. The van der Waals surface area contributed by atoms with E-state index in [-0.39, 0.29) is 5.69 Å². The Bertz CT molecular complexity index is 632. The number of nitrogens with zero attached hydrogens (tertiary/aromatic N) is 2. The van der Waals surface area contributed by atoms with Gasteiger partial charge in [0.1, 0.15) is 0 Å². The van der Waals surface area contributed by atoms with Gasteiger partial charge in [-0.05, 0) is 30.7 Å².